The molecule has 7 heteroatoms. The Balaban J connectivity index is 1.58. The van der Waals surface area contributed by atoms with E-state index in [2.05, 4.69) is 39.0 Å². The Morgan fingerprint density at radius 1 is 1.38 bits per heavy atom. The molecule has 2 fully saturated rings. The fraction of sp³-hybridized carbons (Fsp3) is 0.786. The van der Waals surface area contributed by atoms with Crippen LogP contribution in [0.3, 0.4) is 0 Å². The van der Waals surface area contributed by atoms with Crippen molar-refractivity contribution in [3.63, 3.8) is 0 Å². The third kappa shape index (κ3) is 2.94. The van der Waals surface area contributed by atoms with Crippen LogP contribution in [0.15, 0.2) is 4.63 Å². The van der Waals surface area contributed by atoms with Crippen LogP contribution in [0.2, 0.25) is 0 Å². The Bertz CT molecular complexity index is 516. The van der Waals surface area contributed by atoms with E-state index in [1.165, 1.54) is 0 Å². The number of nitrogens with one attached hydrogen (secondary N) is 1. The molecule has 0 aromatic carbocycles. The lowest BCUT2D eigenvalue weighted by Gasteiger charge is -2.36. The summed E-state index contributed by atoms with van der Waals surface area (Å²) in [5.74, 6) is 0.309. The minimum absolute atomic E-state index is 0.133. The molecule has 1 aromatic rings. The first-order chi connectivity index (χ1) is 10.0. The van der Waals surface area contributed by atoms with E-state index in [1.54, 1.807) is 6.92 Å². The van der Waals surface area contributed by atoms with Crippen molar-refractivity contribution in [2.45, 2.75) is 45.4 Å². The normalized spacial score (nSPS) is 29.6. The molecule has 1 amide bonds. The van der Waals surface area contributed by atoms with Gasteiger partial charge in [0.05, 0.1) is 12.7 Å². The first-order valence-corrected chi connectivity index (χ1v) is 7.50. The van der Waals surface area contributed by atoms with Crippen molar-refractivity contribution in [1.82, 2.24) is 20.5 Å². The molecule has 3 heterocycles. The first kappa shape index (κ1) is 14.5. The highest BCUT2D eigenvalue weighted by Crippen LogP contribution is 2.25. The number of hydrogen-bond donors (Lipinski definition) is 1. The highest BCUT2D eigenvalue weighted by Gasteiger charge is 2.38. The van der Waals surface area contributed by atoms with E-state index < -0.39 is 0 Å². The van der Waals surface area contributed by atoms with E-state index >= 15 is 0 Å². The van der Waals surface area contributed by atoms with Gasteiger partial charge in [0.15, 0.2) is 5.69 Å². The summed E-state index contributed by atoms with van der Waals surface area (Å²) >= 11 is 0. The number of carbonyl (C=O) groups excluding carboxylic acids is 1. The van der Waals surface area contributed by atoms with Crippen LogP contribution in [0.4, 0.5) is 0 Å². The van der Waals surface area contributed by atoms with Crippen molar-refractivity contribution in [2.75, 3.05) is 19.7 Å². The van der Waals surface area contributed by atoms with Gasteiger partial charge in [-0.15, -0.1) is 0 Å². The van der Waals surface area contributed by atoms with E-state index in [0.29, 0.717) is 17.7 Å². The maximum atomic E-state index is 12.1. The summed E-state index contributed by atoms with van der Waals surface area (Å²) in [6.07, 6.45) is 1.21. The zero-order valence-electron chi connectivity index (χ0n) is 12.7. The molecule has 21 heavy (non-hydrogen) atoms. The molecular formula is C14H22N4O3. The highest BCUT2D eigenvalue weighted by molar-refractivity contribution is 5.93. The van der Waals surface area contributed by atoms with Gasteiger partial charge >= 0.3 is 0 Å². The van der Waals surface area contributed by atoms with E-state index in [0.717, 1.165) is 26.1 Å². The standard InChI is InChI=1S/C14H22N4O3/c1-8(2)12-6-18-5-10(4-11(18)7-20-12)15-14(19)13-9(3)16-21-17-13/h8,10-12H,4-7H2,1-3H3,(H,15,19)/t10-,11-,12-/m0/s1. The number of hydrogen-bond acceptors (Lipinski definition) is 6. The lowest BCUT2D eigenvalue weighted by Crippen LogP contribution is -2.48. The van der Waals surface area contributed by atoms with Crippen LogP contribution in [0.5, 0.6) is 0 Å². The van der Waals surface area contributed by atoms with Crippen LogP contribution in [0.25, 0.3) is 0 Å². The lowest BCUT2D eigenvalue weighted by molar-refractivity contribution is -0.0683. The molecule has 3 rings (SSSR count). The Hall–Kier alpha value is -1.47. The van der Waals surface area contributed by atoms with Gasteiger partial charge in [-0.1, -0.05) is 19.0 Å². The molecule has 3 atom stereocenters. The molecule has 2 saturated heterocycles. The Labute approximate surface area is 124 Å². The number of morpholine rings is 1. The average molecular weight is 294 g/mol. The predicted octanol–water partition coefficient (Wildman–Crippen LogP) is 0.606. The second-order valence-electron chi connectivity index (χ2n) is 6.33. The van der Waals surface area contributed by atoms with Crippen molar-refractivity contribution in [1.29, 1.82) is 0 Å². The Morgan fingerprint density at radius 2 is 2.19 bits per heavy atom. The summed E-state index contributed by atoms with van der Waals surface area (Å²) in [4.78, 5) is 14.6. The molecule has 1 aromatic heterocycles. The van der Waals surface area contributed by atoms with Crippen LogP contribution in [-0.4, -0.2) is 59.0 Å². The van der Waals surface area contributed by atoms with Gasteiger partial charge in [-0.05, 0) is 24.4 Å². The predicted molar refractivity (Wildman–Crippen MR) is 74.8 cm³/mol. The number of rotatable bonds is 3. The molecule has 0 radical (unpaired) electrons. The maximum Gasteiger partial charge on any atom is 0.275 e. The number of aryl methyl sites for hydroxylation is 1. The molecule has 0 aliphatic carbocycles. The number of nitrogens with zero attached hydrogens (tertiary/aromatic N) is 3. The first-order valence-electron chi connectivity index (χ1n) is 7.50. The van der Waals surface area contributed by atoms with Crippen molar-refractivity contribution < 1.29 is 14.2 Å². The van der Waals surface area contributed by atoms with E-state index in [1.807, 2.05) is 0 Å². The average Bonchev–Trinajstić information content (AvgIpc) is 3.02. The molecule has 1 N–H and O–H groups in total. The van der Waals surface area contributed by atoms with Gasteiger partial charge in [0.25, 0.3) is 5.91 Å². The molecule has 7 nitrogen and oxygen atoms in total. The summed E-state index contributed by atoms with van der Waals surface area (Å²) in [6, 6.07) is 0.537. The topological polar surface area (TPSA) is 80.5 Å². The minimum Gasteiger partial charge on any atom is -0.375 e. The molecule has 0 spiro atoms. The summed E-state index contributed by atoms with van der Waals surface area (Å²) in [6.45, 7) is 8.64. The molecular weight excluding hydrogens is 272 g/mol. The van der Waals surface area contributed by atoms with Crippen LogP contribution >= 0.6 is 0 Å². The lowest BCUT2D eigenvalue weighted by atomic mass is 10.0. The number of carbonyl (C=O) groups is 1. The third-order valence-corrected chi connectivity index (χ3v) is 4.39. The van der Waals surface area contributed by atoms with Crippen LogP contribution in [0, 0.1) is 12.8 Å². The second kappa shape index (κ2) is 5.73. The Morgan fingerprint density at radius 3 is 2.86 bits per heavy atom. The van der Waals surface area contributed by atoms with Crippen molar-refractivity contribution in [3.8, 4) is 0 Å². The summed E-state index contributed by atoms with van der Waals surface area (Å²) in [5.41, 5.74) is 0.794. The van der Waals surface area contributed by atoms with Gasteiger partial charge in [-0.25, -0.2) is 4.63 Å². The van der Waals surface area contributed by atoms with Crippen molar-refractivity contribution in [3.05, 3.63) is 11.4 Å². The largest absolute Gasteiger partial charge is 0.375 e. The van der Waals surface area contributed by atoms with Gasteiger partial charge in [0.2, 0.25) is 0 Å². The monoisotopic (exact) mass is 294 g/mol. The van der Waals surface area contributed by atoms with Crippen LogP contribution in [-0.2, 0) is 4.74 Å². The number of amides is 1. The third-order valence-electron chi connectivity index (χ3n) is 4.39. The van der Waals surface area contributed by atoms with Gasteiger partial charge in [0, 0.05) is 25.2 Å². The molecule has 0 saturated carbocycles. The van der Waals surface area contributed by atoms with Gasteiger partial charge in [-0.2, -0.15) is 0 Å². The Kier molecular flexibility index (Phi) is 3.95. The quantitative estimate of drug-likeness (QED) is 0.879. The molecule has 2 aliphatic heterocycles. The van der Waals surface area contributed by atoms with E-state index in [-0.39, 0.29) is 23.7 Å². The molecule has 116 valence electrons. The minimum atomic E-state index is -0.208. The summed E-state index contributed by atoms with van der Waals surface area (Å²) < 4.78 is 10.5. The van der Waals surface area contributed by atoms with Gasteiger partial charge < -0.3 is 10.1 Å². The van der Waals surface area contributed by atoms with Crippen molar-refractivity contribution in [2.24, 2.45) is 5.92 Å². The molecule has 0 unspecified atom stereocenters. The zero-order valence-corrected chi connectivity index (χ0v) is 12.7. The fourth-order valence-electron chi connectivity index (χ4n) is 3.10. The molecule has 0 bridgehead atoms. The smallest absolute Gasteiger partial charge is 0.275 e. The van der Waals surface area contributed by atoms with Crippen molar-refractivity contribution >= 4 is 5.91 Å². The SMILES string of the molecule is Cc1nonc1C(=O)N[C@H]1C[C@H]2CO[C@H](C(C)C)CN2C1. The number of aromatic nitrogens is 2. The maximum absolute atomic E-state index is 12.1. The summed E-state index contributed by atoms with van der Waals surface area (Å²) in [5, 5.41) is 10.3. The fourth-order valence-corrected chi connectivity index (χ4v) is 3.10. The van der Waals surface area contributed by atoms with E-state index in [9.17, 15) is 4.79 Å². The summed E-state index contributed by atoms with van der Waals surface area (Å²) in [7, 11) is 0. The highest BCUT2D eigenvalue weighted by atomic mass is 16.6. The van der Waals surface area contributed by atoms with E-state index in [4.69, 9.17) is 4.74 Å². The zero-order chi connectivity index (χ0) is 15.0. The van der Waals surface area contributed by atoms with Crippen LogP contribution in [0.1, 0.15) is 36.5 Å². The molecule has 2 aliphatic rings. The second-order valence-corrected chi connectivity index (χ2v) is 6.33. The van der Waals surface area contributed by atoms with Crippen LogP contribution < -0.4 is 5.32 Å². The van der Waals surface area contributed by atoms with Gasteiger partial charge in [0.1, 0.15) is 5.69 Å². The number of ether oxygens (including phenoxy) is 1. The van der Waals surface area contributed by atoms with Gasteiger partial charge in [-0.3, -0.25) is 9.69 Å². The number of fused-ring (bicyclic) bond motifs is 1.